The van der Waals surface area contributed by atoms with E-state index in [1.54, 1.807) is 122 Å². The normalized spacial score (nSPS) is 10.7. The van der Waals surface area contributed by atoms with Crippen LogP contribution in [0.3, 0.4) is 0 Å². The van der Waals surface area contributed by atoms with Crippen molar-refractivity contribution in [3.8, 4) is 52.3 Å². The van der Waals surface area contributed by atoms with E-state index in [1.165, 1.54) is 134 Å². The van der Waals surface area contributed by atoms with Crippen LogP contribution in [0.2, 0.25) is 0 Å². The van der Waals surface area contributed by atoms with Crippen molar-refractivity contribution in [1.29, 1.82) is 0 Å². The van der Waals surface area contributed by atoms with Gasteiger partial charge in [0.05, 0.1) is 85.3 Å². The van der Waals surface area contributed by atoms with Crippen molar-refractivity contribution < 1.29 is 104 Å². The van der Waals surface area contributed by atoms with Gasteiger partial charge in [-0.2, -0.15) is 0 Å². The molecule has 0 atom stereocenters. The number of benzene rings is 9. The summed E-state index contributed by atoms with van der Waals surface area (Å²) in [7, 11) is 0. The number of fused-ring (bicyclic) bond motifs is 4. The van der Waals surface area contributed by atoms with Gasteiger partial charge in [-0.25, -0.2) is 82.8 Å². The number of carbonyl (C=O) groups excluding carboxylic acids is 4. The molecule has 0 bridgehead atoms. The molecule has 0 unspecified atom stereocenters. The van der Waals surface area contributed by atoms with Gasteiger partial charge in [-0.15, -0.1) is 13.2 Å². The molecule has 8 N–H and O–H groups in total. The van der Waals surface area contributed by atoms with Crippen molar-refractivity contribution in [2.45, 2.75) is 13.3 Å². The summed E-state index contributed by atoms with van der Waals surface area (Å²) < 4.78 is 90.5. The number of nitrogens with zero attached hydrogens (tertiary/aromatic N) is 11. The molecule has 0 fully saturated rings. The van der Waals surface area contributed by atoms with E-state index in [0.29, 0.717) is 72.6 Å². The zero-order valence-electron chi connectivity index (χ0n) is 63.4. The first-order valence-electron chi connectivity index (χ1n) is 36.1. The second kappa shape index (κ2) is 38.1. The van der Waals surface area contributed by atoms with Crippen LogP contribution in [-0.2, 0) is 0 Å². The Morgan fingerprint density at radius 3 is 0.911 bits per heavy atom. The third-order valence-corrected chi connectivity index (χ3v) is 16.7. The molecular formula is C87H56F5N15O17. The highest BCUT2D eigenvalue weighted by Crippen LogP contribution is 2.34. The van der Waals surface area contributed by atoms with Crippen molar-refractivity contribution in [1.82, 2.24) is 54.8 Å². The Bertz CT molecular complexity index is 6720. The molecule has 616 valence electrons. The smallest absolute Gasteiger partial charge is 0.478 e. The van der Waals surface area contributed by atoms with Crippen molar-refractivity contribution in [2.75, 3.05) is 21.3 Å². The SMILES string of the molecule is Cc1cc(F)ccc1Oc1nc2ccccc2nc1C(=O)Nc1ccc(C(=O)O)nc1.O=C(O)c1ccc(NC(=O)c2nc3ccccc3nc2Oc2ccc(F)cc2)cn1.O=C(O)c1ccc(NC(=O)c2nc3ccccc3nc2Oc2ccc(OC(F)(F)F)cc2)cc1.O=C(O)c1ccc(NC(=O)c2nc3ccccc3nc2Oc2ccccc2)cn1. The van der Waals surface area contributed by atoms with Crippen molar-refractivity contribution in [2.24, 2.45) is 0 Å². The largest absolute Gasteiger partial charge is 0.573 e. The first-order valence-corrected chi connectivity index (χ1v) is 36.1. The van der Waals surface area contributed by atoms with Gasteiger partial charge in [-0.3, -0.25) is 19.2 Å². The number of aromatic carboxylic acids is 4. The van der Waals surface area contributed by atoms with E-state index in [9.17, 15) is 60.3 Å². The van der Waals surface area contributed by atoms with Gasteiger partial charge in [0.2, 0.25) is 0 Å². The van der Waals surface area contributed by atoms with Crippen LogP contribution in [0.15, 0.2) is 273 Å². The van der Waals surface area contributed by atoms with E-state index in [2.05, 4.69) is 80.8 Å². The van der Waals surface area contributed by atoms with Crippen molar-refractivity contribution in [3.63, 3.8) is 0 Å². The Hall–Kier alpha value is -17.8. The third kappa shape index (κ3) is 22.1. The van der Waals surface area contributed by atoms with Crippen LogP contribution in [0.25, 0.3) is 44.1 Å². The van der Waals surface area contributed by atoms with Crippen LogP contribution in [0, 0.1) is 18.6 Å². The van der Waals surface area contributed by atoms with Gasteiger partial charge in [0.1, 0.15) is 57.5 Å². The molecule has 0 aliphatic carbocycles. The van der Waals surface area contributed by atoms with Gasteiger partial charge in [-0.05, 0) is 201 Å². The molecule has 37 heteroatoms. The molecule has 0 radical (unpaired) electrons. The Labute approximate surface area is 693 Å². The molecule has 32 nitrogen and oxygen atoms in total. The maximum Gasteiger partial charge on any atom is 0.573 e. The van der Waals surface area contributed by atoms with Gasteiger partial charge in [0, 0.05) is 5.69 Å². The third-order valence-electron chi connectivity index (χ3n) is 16.7. The first kappa shape index (κ1) is 84.1. The summed E-state index contributed by atoms with van der Waals surface area (Å²) in [5.41, 5.74) is 4.89. The number of aryl methyl sites for hydroxylation is 1. The molecule has 0 saturated heterocycles. The number of ether oxygens (including phenoxy) is 5. The number of halogens is 5. The minimum absolute atomic E-state index is 0.00476. The molecule has 7 aromatic heterocycles. The molecule has 0 spiro atoms. The number of hydrogen-bond donors (Lipinski definition) is 8. The summed E-state index contributed by atoms with van der Waals surface area (Å²) in [6, 6.07) is 64.1. The molecule has 9 aromatic carbocycles. The summed E-state index contributed by atoms with van der Waals surface area (Å²) in [4.78, 5) is 142. The highest BCUT2D eigenvalue weighted by atomic mass is 19.4. The predicted octanol–water partition coefficient (Wildman–Crippen LogP) is 17.2. The highest BCUT2D eigenvalue weighted by Gasteiger charge is 2.32. The number of aromatic nitrogens is 11. The fourth-order valence-corrected chi connectivity index (χ4v) is 10.9. The fourth-order valence-electron chi connectivity index (χ4n) is 10.9. The van der Waals surface area contributed by atoms with E-state index < -0.39 is 71.3 Å². The van der Waals surface area contributed by atoms with Crippen LogP contribution >= 0.6 is 0 Å². The zero-order chi connectivity index (χ0) is 87.6. The lowest BCUT2D eigenvalue weighted by Gasteiger charge is -2.12. The number of carbonyl (C=O) groups is 8. The van der Waals surface area contributed by atoms with Crippen LogP contribution in [-0.4, -0.2) is 129 Å². The van der Waals surface area contributed by atoms with E-state index in [1.807, 2.05) is 12.1 Å². The van der Waals surface area contributed by atoms with Crippen LogP contribution in [0.5, 0.6) is 52.3 Å². The number of carboxylic acids is 4. The second-order valence-electron chi connectivity index (χ2n) is 25.5. The average molecular weight is 1680 g/mol. The van der Waals surface area contributed by atoms with Crippen molar-refractivity contribution >= 4 is 114 Å². The van der Waals surface area contributed by atoms with Crippen LogP contribution < -0.4 is 45.0 Å². The van der Waals surface area contributed by atoms with E-state index in [-0.39, 0.29) is 91.8 Å². The number of alkyl halides is 3. The number of rotatable bonds is 21. The minimum Gasteiger partial charge on any atom is -0.478 e. The molecule has 7 heterocycles. The molecule has 16 rings (SSSR count). The molecule has 4 amide bonds. The number of anilines is 4. The Balaban J connectivity index is 0.000000142. The average Bonchev–Trinajstić information content (AvgIpc) is 0.797. The number of nitrogens with one attached hydrogen (secondary N) is 4. The van der Waals surface area contributed by atoms with E-state index >= 15 is 0 Å². The maximum atomic E-state index is 13.4. The van der Waals surface area contributed by atoms with Gasteiger partial charge < -0.3 is 65.4 Å². The van der Waals surface area contributed by atoms with Crippen LogP contribution in [0.1, 0.15) is 89.3 Å². The van der Waals surface area contributed by atoms with E-state index in [0.717, 1.165) is 12.1 Å². The number of pyridine rings is 3. The maximum absolute atomic E-state index is 13.4. The lowest BCUT2D eigenvalue weighted by Crippen LogP contribution is -2.17. The summed E-state index contributed by atoms with van der Waals surface area (Å²) in [5, 5.41) is 46.2. The second-order valence-corrected chi connectivity index (χ2v) is 25.5. The summed E-state index contributed by atoms with van der Waals surface area (Å²) >= 11 is 0. The predicted molar refractivity (Wildman–Crippen MR) is 434 cm³/mol. The Kier molecular flexibility index (Phi) is 25.8. The van der Waals surface area contributed by atoms with Gasteiger partial charge in [0.15, 0.2) is 22.8 Å². The number of para-hydroxylation sites is 9. The molecular weight excluding hydrogens is 1620 g/mol. The lowest BCUT2D eigenvalue weighted by atomic mass is 10.2. The number of hydrogen-bond acceptors (Lipinski definition) is 24. The Morgan fingerprint density at radius 2 is 0.597 bits per heavy atom. The lowest BCUT2D eigenvalue weighted by molar-refractivity contribution is -0.274. The molecule has 0 aliphatic rings. The fraction of sp³-hybridized carbons (Fsp3) is 0.0230. The summed E-state index contributed by atoms with van der Waals surface area (Å²) in [5.74, 6) is -7.42. The summed E-state index contributed by atoms with van der Waals surface area (Å²) in [6.45, 7) is 1.67. The number of amides is 4. The molecule has 0 aliphatic heterocycles. The van der Waals surface area contributed by atoms with Gasteiger partial charge in [-0.1, -0.05) is 66.7 Å². The van der Waals surface area contributed by atoms with E-state index in [4.69, 9.17) is 39.4 Å². The standard InChI is InChI=1S/C23H14F3N3O5.C22H15FN4O4.C21H13FN4O4.C21H14N4O4/c24-23(25,26)34-16-11-9-15(10-12-16)33-21-19(28-17-3-1-2-4-18(17)29-21)20(30)27-14-7-5-13(6-8-14)22(31)32;1-12-10-13(23)6-9-18(12)31-21-19(26-15-4-2-3-5-16(15)27-21)20(28)25-14-7-8-17(22(29)30)24-11-14;22-12-5-8-14(9-6-12)30-20-18(25-15-3-1-2-4-16(15)26-20)19(27)24-13-7-10-17(21(28)29)23-11-13;26-19(23-13-10-11-17(21(27)28)22-12-13)18-20(29-14-6-2-1-3-7-14)25-16-9-5-4-8-15(16)24-18/h1-12H,(H,27,30)(H,31,32);2-11H,1H3,(H,25,28)(H,29,30);1-11H,(H,24,27)(H,28,29);1-12H,(H,23,26)(H,27,28). The minimum atomic E-state index is -4.83. The number of carboxylic acid groups (broad SMARTS) is 4. The molecule has 0 saturated carbocycles. The van der Waals surface area contributed by atoms with Crippen molar-refractivity contribution in [3.05, 3.63) is 336 Å². The summed E-state index contributed by atoms with van der Waals surface area (Å²) in [6.07, 6.45) is -1.13. The molecule has 124 heavy (non-hydrogen) atoms. The monoisotopic (exact) mass is 1680 g/mol. The quantitative estimate of drug-likeness (QED) is 0.0310. The highest BCUT2D eigenvalue weighted by molar-refractivity contribution is 6.08. The topological polar surface area (TPSA) is 454 Å². The van der Waals surface area contributed by atoms with Crippen LogP contribution in [0.4, 0.5) is 44.7 Å². The molecule has 16 aromatic rings. The van der Waals surface area contributed by atoms with Gasteiger partial charge in [0.25, 0.3) is 47.1 Å². The zero-order valence-corrected chi connectivity index (χ0v) is 63.4. The Morgan fingerprint density at radius 1 is 0.306 bits per heavy atom. The first-order chi connectivity index (χ1) is 59.7. The van der Waals surface area contributed by atoms with Gasteiger partial charge >= 0.3 is 30.2 Å².